The number of thiazole rings is 1. The second kappa shape index (κ2) is 8.27. The van der Waals surface area contributed by atoms with E-state index in [0.29, 0.717) is 13.1 Å². The molecule has 3 heterocycles. The van der Waals surface area contributed by atoms with Crippen LogP contribution < -0.4 is 5.32 Å². The summed E-state index contributed by atoms with van der Waals surface area (Å²) in [7, 11) is 2.13. The SMILES string of the molecule is CN1CCCN(CC(=O)NCc2csc(-c3cnccn3)n2)CC1. The summed E-state index contributed by atoms with van der Waals surface area (Å²) in [5.41, 5.74) is 1.61. The second-order valence-electron chi connectivity index (χ2n) is 5.94. The van der Waals surface area contributed by atoms with Crippen LogP contribution in [0.4, 0.5) is 0 Å². The summed E-state index contributed by atoms with van der Waals surface area (Å²) in [4.78, 5) is 29.5. The average Bonchev–Trinajstić information content (AvgIpc) is 2.98. The van der Waals surface area contributed by atoms with Crippen LogP contribution in [0.15, 0.2) is 24.0 Å². The van der Waals surface area contributed by atoms with E-state index in [9.17, 15) is 4.79 Å². The Morgan fingerprint density at radius 1 is 1.29 bits per heavy atom. The molecule has 0 aromatic carbocycles. The van der Waals surface area contributed by atoms with Gasteiger partial charge in [0, 0.05) is 30.9 Å². The number of nitrogens with one attached hydrogen (secondary N) is 1. The fraction of sp³-hybridized carbons (Fsp3) is 0.500. The third kappa shape index (κ3) is 4.80. The van der Waals surface area contributed by atoms with E-state index in [0.717, 1.165) is 49.0 Å². The first-order chi connectivity index (χ1) is 11.7. The van der Waals surface area contributed by atoms with Gasteiger partial charge in [0.25, 0.3) is 0 Å². The Kier molecular flexibility index (Phi) is 5.84. The molecule has 2 aromatic heterocycles. The van der Waals surface area contributed by atoms with Crippen molar-refractivity contribution in [3.63, 3.8) is 0 Å². The molecule has 1 aliphatic rings. The van der Waals surface area contributed by atoms with Gasteiger partial charge in [0.2, 0.25) is 5.91 Å². The molecule has 24 heavy (non-hydrogen) atoms. The van der Waals surface area contributed by atoms with Crippen molar-refractivity contribution < 1.29 is 4.79 Å². The highest BCUT2D eigenvalue weighted by Crippen LogP contribution is 2.20. The van der Waals surface area contributed by atoms with Crippen molar-refractivity contribution in [1.29, 1.82) is 0 Å². The van der Waals surface area contributed by atoms with Gasteiger partial charge in [-0.3, -0.25) is 19.7 Å². The van der Waals surface area contributed by atoms with E-state index in [4.69, 9.17) is 0 Å². The van der Waals surface area contributed by atoms with Crippen LogP contribution in [0.1, 0.15) is 12.1 Å². The standard InChI is InChI=1S/C16H22N6OS/c1-21-5-2-6-22(8-7-21)11-15(23)19-9-13-12-24-16(20-13)14-10-17-3-4-18-14/h3-4,10,12H,2,5-9,11H2,1H3,(H,19,23). The van der Waals surface area contributed by atoms with E-state index in [2.05, 4.69) is 37.1 Å². The average molecular weight is 346 g/mol. The molecule has 1 fully saturated rings. The first kappa shape index (κ1) is 16.9. The van der Waals surface area contributed by atoms with Gasteiger partial charge in [0.1, 0.15) is 10.7 Å². The Labute approximate surface area is 145 Å². The topological polar surface area (TPSA) is 74.2 Å². The van der Waals surface area contributed by atoms with E-state index in [-0.39, 0.29) is 5.91 Å². The van der Waals surface area contributed by atoms with Crippen LogP contribution in [0.3, 0.4) is 0 Å². The predicted octanol–water partition coefficient (Wildman–Crippen LogP) is 0.854. The lowest BCUT2D eigenvalue weighted by Crippen LogP contribution is -2.38. The van der Waals surface area contributed by atoms with Crippen molar-refractivity contribution >= 4 is 17.2 Å². The minimum absolute atomic E-state index is 0.0496. The summed E-state index contributed by atoms with van der Waals surface area (Å²) in [5, 5.41) is 5.73. The van der Waals surface area contributed by atoms with Crippen molar-refractivity contribution in [2.24, 2.45) is 0 Å². The smallest absolute Gasteiger partial charge is 0.234 e. The van der Waals surface area contributed by atoms with Crippen LogP contribution in [0.5, 0.6) is 0 Å². The van der Waals surface area contributed by atoms with Crippen molar-refractivity contribution in [2.75, 3.05) is 39.8 Å². The summed E-state index contributed by atoms with van der Waals surface area (Å²) >= 11 is 1.51. The molecule has 2 aromatic rings. The molecule has 0 bridgehead atoms. The zero-order valence-electron chi connectivity index (χ0n) is 13.8. The predicted molar refractivity (Wildman–Crippen MR) is 93.5 cm³/mol. The van der Waals surface area contributed by atoms with E-state index in [1.807, 2.05) is 5.38 Å². The van der Waals surface area contributed by atoms with Gasteiger partial charge in [0.05, 0.1) is 25.0 Å². The number of amides is 1. The quantitative estimate of drug-likeness (QED) is 0.865. The van der Waals surface area contributed by atoms with Gasteiger partial charge in [-0.1, -0.05) is 0 Å². The molecule has 7 nitrogen and oxygen atoms in total. The highest BCUT2D eigenvalue weighted by molar-refractivity contribution is 7.13. The number of carbonyl (C=O) groups excluding carboxylic acids is 1. The van der Waals surface area contributed by atoms with Gasteiger partial charge in [0.15, 0.2) is 0 Å². The van der Waals surface area contributed by atoms with Gasteiger partial charge in [-0.15, -0.1) is 11.3 Å². The molecule has 3 rings (SSSR count). The zero-order valence-corrected chi connectivity index (χ0v) is 14.6. The lowest BCUT2D eigenvalue weighted by molar-refractivity contribution is -0.122. The molecule has 1 N–H and O–H groups in total. The number of carbonyl (C=O) groups is 1. The Hall–Kier alpha value is -1.90. The molecule has 0 unspecified atom stereocenters. The number of hydrogen-bond donors (Lipinski definition) is 1. The van der Waals surface area contributed by atoms with Crippen molar-refractivity contribution in [3.8, 4) is 10.7 Å². The number of aromatic nitrogens is 3. The number of nitrogens with zero attached hydrogens (tertiary/aromatic N) is 5. The third-order valence-electron chi connectivity index (χ3n) is 3.98. The van der Waals surface area contributed by atoms with Crippen LogP contribution in [-0.2, 0) is 11.3 Å². The minimum Gasteiger partial charge on any atom is -0.349 e. The van der Waals surface area contributed by atoms with Gasteiger partial charge >= 0.3 is 0 Å². The lowest BCUT2D eigenvalue weighted by Gasteiger charge is -2.19. The molecule has 0 spiro atoms. The summed E-state index contributed by atoms with van der Waals surface area (Å²) in [6.07, 6.45) is 6.09. The molecule has 0 radical (unpaired) electrons. The van der Waals surface area contributed by atoms with E-state index >= 15 is 0 Å². The fourth-order valence-electron chi connectivity index (χ4n) is 2.62. The van der Waals surface area contributed by atoms with Gasteiger partial charge < -0.3 is 10.2 Å². The molecule has 1 amide bonds. The van der Waals surface area contributed by atoms with Crippen LogP contribution in [0.25, 0.3) is 10.7 Å². The van der Waals surface area contributed by atoms with Gasteiger partial charge in [-0.25, -0.2) is 4.98 Å². The first-order valence-electron chi connectivity index (χ1n) is 8.09. The Bertz CT molecular complexity index is 662. The van der Waals surface area contributed by atoms with Crippen LogP contribution >= 0.6 is 11.3 Å². The number of likely N-dealkylation sites (N-methyl/N-ethyl adjacent to an activating group) is 1. The van der Waals surface area contributed by atoms with Crippen LogP contribution in [0.2, 0.25) is 0 Å². The molecular weight excluding hydrogens is 324 g/mol. The molecular formula is C16H22N6OS. The molecule has 0 aliphatic carbocycles. The molecule has 0 saturated carbocycles. The van der Waals surface area contributed by atoms with E-state index in [1.165, 1.54) is 11.3 Å². The van der Waals surface area contributed by atoms with Crippen molar-refractivity contribution in [2.45, 2.75) is 13.0 Å². The van der Waals surface area contributed by atoms with Crippen molar-refractivity contribution in [1.82, 2.24) is 30.1 Å². The molecule has 128 valence electrons. The molecule has 0 atom stereocenters. The number of rotatable bonds is 5. The summed E-state index contributed by atoms with van der Waals surface area (Å²) in [5.74, 6) is 0.0496. The first-order valence-corrected chi connectivity index (χ1v) is 8.97. The highest BCUT2D eigenvalue weighted by Gasteiger charge is 2.15. The fourth-order valence-corrected chi connectivity index (χ4v) is 3.40. The summed E-state index contributed by atoms with van der Waals surface area (Å²) in [6, 6.07) is 0. The minimum atomic E-state index is 0.0496. The normalized spacial score (nSPS) is 16.7. The number of hydrogen-bond acceptors (Lipinski definition) is 7. The maximum Gasteiger partial charge on any atom is 0.234 e. The maximum absolute atomic E-state index is 12.1. The summed E-state index contributed by atoms with van der Waals surface area (Å²) < 4.78 is 0. The van der Waals surface area contributed by atoms with E-state index < -0.39 is 0 Å². The summed E-state index contributed by atoms with van der Waals surface area (Å²) in [6.45, 7) is 4.93. The monoisotopic (exact) mass is 346 g/mol. The molecule has 1 saturated heterocycles. The third-order valence-corrected chi connectivity index (χ3v) is 4.89. The van der Waals surface area contributed by atoms with Gasteiger partial charge in [-0.05, 0) is 26.6 Å². The van der Waals surface area contributed by atoms with Crippen molar-refractivity contribution in [3.05, 3.63) is 29.7 Å². The Morgan fingerprint density at radius 3 is 3.04 bits per heavy atom. The molecule has 8 heteroatoms. The molecule has 1 aliphatic heterocycles. The second-order valence-corrected chi connectivity index (χ2v) is 6.80. The highest BCUT2D eigenvalue weighted by atomic mass is 32.1. The Balaban J connectivity index is 1.47. The van der Waals surface area contributed by atoms with E-state index in [1.54, 1.807) is 18.6 Å². The van der Waals surface area contributed by atoms with Gasteiger partial charge in [-0.2, -0.15) is 0 Å². The van der Waals surface area contributed by atoms with Crippen LogP contribution in [-0.4, -0.2) is 70.4 Å². The lowest BCUT2D eigenvalue weighted by atomic mass is 10.3. The Morgan fingerprint density at radius 2 is 2.21 bits per heavy atom. The zero-order chi connectivity index (χ0) is 16.8. The largest absolute Gasteiger partial charge is 0.349 e. The van der Waals surface area contributed by atoms with Crippen LogP contribution in [0, 0.1) is 0 Å². The maximum atomic E-state index is 12.1.